The van der Waals surface area contributed by atoms with Crippen molar-refractivity contribution in [2.75, 3.05) is 6.54 Å². The molecular weight excluding hydrogens is 371 g/mol. The third-order valence-corrected chi connectivity index (χ3v) is 6.74. The number of nitrogens with zero attached hydrogens (tertiary/aromatic N) is 1. The second kappa shape index (κ2) is 8.66. The second-order valence-corrected chi connectivity index (χ2v) is 9.20. The summed E-state index contributed by atoms with van der Waals surface area (Å²) in [5, 5.41) is 3.51. The molecule has 1 saturated carbocycles. The number of nitrogens with one attached hydrogen (secondary N) is 1. The van der Waals surface area contributed by atoms with E-state index in [1.807, 2.05) is 12.1 Å². The SMILES string of the molecule is CCc1ccc(CN2C[C@H](Sc3ccc(F)cc3)C[C@H]2C(=O)NC2CC2)cc1. The van der Waals surface area contributed by atoms with Crippen LogP contribution in [-0.4, -0.2) is 34.7 Å². The lowest BCUT2D eigenvalue weighted by Crippen LogP contribution is -2.43. The lowest BCUT2D eigenvalue weighted by Gasteiger charge is -2.23. The van der Waals surface area contributed by atoms with Crippen LogP contribution in [0.25, 0.3) is 0 Å². The maximum Gasteiger partial charge on any atom is 0.237 e. The fourth-order valence-corrected chi connectivity index (χ4v) is 4.96. The summed E-state index contributed by atoms with van der Waals surface area (Å²) in [7, 11) is 0. The number of hydrogen-bond donors (Lipinski definition) is 1. The predicted octanol–water partition coefficient (Wildman–Crippen LogP) is 4.40. The van der Waals surface area contributed by atoms with E-state index in [4.69, 9.17) is 0 Å². The molecule has 0 radical (unpaired) electrons. The highest BCUT2D eigenvalue weighted by Gasteiger charge is 2.38. The van der Waals surface area contributed by atoms with Crippen LogP contribution in [0.1, 0.15) is 37.3 Å². The topological polar surface area (TPSA) is 32.3 Å². The van der Waals surface area contributed by atoms with Crippen LogP contribution in [-0.2, 0) is 17.8 Å². The summed E-state index contributed by atoms with van der Waals surface area (Å²) in [5.74, 6) is -0.0514. The Kier molecular flexibility index (Phi) is 6.02. The van der Waals surface area contributed by atoms with E-state index < -0.39 is 0 Å². The summed E-state index contributed by atoms with van der Waals surface area (Å²) in [6.45, 7) is 3.80. The van der Waals surface area contributed by atoms with Crippen molar-refractivity contribution >= 4 is 17.7 Å². The third-order valence-electron chi connectivity index (χ3n) is 5.52. The molecule has 28 heavy (non-hydrogen) atoms. The minimum Gasteiger partial charge on any atom is -0.352 e. The molecule has 0 aromatic heterocycles. The van der Waals surface area contributed by atoms with Crippen LogP contribution in [0, 0.1) is 5.82 Å². The molecule has 1 N–H and O–H groups in total. The van der Waals surface area contributed by atoms with Crippen molar-refractivity contribution in [2.24, 2.45) is 0 Å². The Balaban J connectivity index is 1.45. The highest BCUT2D eigenvalue weighted by atomic mass is 32.2. The van der Waals surface area contributed by atoms with Crippen LogP contribution >= 0.6 is 11.8 Å². The van der Waals surface area contributed by atoms with E-state index >= 15 is 0 Å². The fourth-order valence-electron chi connectivity index (χ4n) is 3.74. The molecule has 1 heterocycles. The number of likely N-dealkylation sites (tertiary alicyclic amines) is 1. The first-order chi connectivity index (χ1) is 13.6. The van der Waals surface area contributed by atoms with Gasteiger partial charge in [0.25, 0.3) is 0 Å². The number of amides is 1. The van der Waals surface area contributed by atoms with E-state index in [-0.39, 0.29) is 17.8 Å². The Hall–Kier alpha value is -1.85. The summed E-state index contributed by atoms with van der Waals surface area (Å²) in [5.41, 5.74) is 2.58. The van der Waals surface area contributed by atoms with Crippen LogP contribution in [0.4, 0.5) is 4.39 Å². The standard InChI is InChI=1S/C23H27FN2OS/c1-2-16-3-5-17(6-4-16)14-26-15-21(28-20-11-7-18(24)8-12-20)13-22(26)23(27)25-19-9-10-19/h3-8,11-12,19,21-22H,2,9-10,13-15H2,1H3,(H,25,27)/t21-,22+/m1/s1. The molecule has 0 bridgehead atoms. The normalized spacial score (nSPS) is 22.4. The third kappa shape index (κ3) is 4.95. The number of carbonyl (C=O) groups is 1. The van der Waals surface area contributed by atoms with Gasteiger partial charge in [-0.2, -0.15) is 0 Å². The van der Waals surface area contributed by atoms with Gasteiger partial charge >= 0.3 is 0 Å². The summed E-state index contributed by atoms with van der Waals surface area (Å²) in [6.07, 6.45) is 4.07. The zero-order valence-corrected chi connectivity index (χ0v) is 17.1. The van der Waals surface area contributed by atoms with Crippen LogP contribution in [0.15, 0.2) is 53.4 Å². The van der Waals surface area contributed by atoms with E-state index in [9.17, 15) is 9.18 Å². The molecule has 4 rings (SSSR count). The smallest absolute Gasteiger partial charge is 0.237 e. The molecule has 3 nitrogen and oxygen atoms in total. The van der Waals surface area contributed by atoms with Crippen molar-refractivity contribution in [3.8, 4) is 0 Å². The zero-order chi connectivity index (χ0) is 19.5. The Labute approximate surface area is 170 Å². The van der Waals surface area contributed by atoms with Gasteiger partial charge in [0, 0.05) is 29.3 Å². The number of halogens is 1. The number of rotatable bonds is 7. The maximum absolute atomic E-state index is 13.2. The monoisotopic (exact) mass is 398 g/mol. The van der Waals surface area contributed by atoms with Gasteiger partial charge in [0.05, 0.1) is 6.04 Å². The molecule has 2 atom stereocenters. The molecule has 2 fully saturated rings. The Bertz CT molecular complexity index is 804. The fraction of sp³-hybridized carbons (Fsp3) is 0.435. The number of hydrogen-bond acceptors (Lipinski definition) is 3. The van der Waals surface area contributed by atoms with Gasteiger partial charge in [-0.3, -0.25) is 9.69 Å². The molecule has 2 aliphatic rings. The van der Waals surface area contributed by atoms with Crippen molar-refractivity contribution in [3.63, 3.8) is 0 Å². The summed E-state index contributed by atoms with van der Waals surface area (Å²) in [6, 6.07) is 15.6. The van der Waals surface area contributed by atoms with E-state index in [2.05, 4.69) is 41.4 Å². The molecule has 2 aromatic carbocycles. The number of benzene rings is 2. The predicted molar refractivity (Wildman–Crippen MR) is 112 cm³/mol. The van der Waals surface area contributed by atoms with Gasteiger partial charge in [0.15, 0.2) is 0 Å². The quantitative estimate of drug-likeness (QED) is 0.750. The lowest BCUT2D eigenvalue weighted by atomic mass is 10.1. The summed E-state index contributed by atoms with van der Waals surface area (Å²) in [4.78, 5) is 16.2. The largest absolute Gasteiger partial charge is 0.352 e. The zero-order valence-electron chi connectivity index (χ0n) is 16.2. The first-order valence-corrected chi connectivity index (χ1v) is 11.0. The molecule has 2 aromatic rings. The Morgan fingerprint density at radius 3 is 2.43 bits per heavy atom. The van der Waals surface area contributed by atoms with Gasteiger partial charge in [0.2, 0.25) is 5.91 Å². The van der Waals surface area contributed by atoms with Crippen molar-refractivity contribution in [1.29, 1.82) is 0 Å². The molecule has 0 unspecified atom stereocenters. The second-order valence-electron chi connectivity index (χ2n) is 7.83. The van der Waals surface area contributed by atoms with Gasteiger partial charge in [-0.1, -0.05) is 31.2 Å². The van der Waals surface area contributed by atoms with E-state index in [1.165, 1.54) is 23.3 Å². The minimum absolute atomic E-state index is 0.0931. The molecular formula is C23H27FN2OS. The van der Waals surface area contributed by atoms with E-state index in [0.29, 0.717) is 11.3 Å². The van der Waals surface area contributed by atoms with Crippen LogP contribution in [0.3, 0.4) is 0 Å². The molecule has 148 valence electrons. The number of aryl methyl sites for hydroxylation is 1. The first-order valence-electron chi connectivity index (χ1n) is 10.1. The average molecular weight is 399 g/mol. The average Bonchev–Trinajstić information content (AvgIpc) is 3.43. The molecule has 1 aliphatic carbocycles. The van der Waals surface area contributed by atoms with Gasteiger partial charge in [-0.25, -0.2) is 4.39 Å². The summed E-state index contributed by atoms with van der Waals surface area (Å²) < 4.78 is 13.2. The molecule has 1 amide bonds. The van der Waals surface area contributed by atoms with Gasteiger partial charge in [0.1, 0.15) is 5.82 Å². The van der Waals surface area contributed by atoms with E-state index in [1.54, 1.807) is 11.8 Å². The van der Waals surface area contributed by atoms with Crippen molar-refractivity contribution in [1.82, 2.24) is 10.2 Å². The van der Waals surface area contributed by atoms with Crippen LogP contribution in [0.2, 0.25) is 0 Å². The highest BCUT2D eigenvalue weighted by Crippen LogP contribution is 2.34. The molecule has 1 saturated heterocycles. The van der Waals surface area contributed by atoms with E-state index in [0.717, 1.165) is 43.7 Å². The van der Waals surface area contributed by atoms with Crippen molar-refractivity contribution in [3.05, 3.63) is 65.5 Å². The van der Waals surface area contributed by atoms with Crippen LogP contribution in [0.5, 0.6) is 0 Å². The molecule has 0 spiro atoms. The van der Waals surface area contributed by atoms with Gasteiger partial charge in [-0.05, 0) is 61.1 Å². The number of carbonyl (C=O) groups excluding carboxylic acids is 1. The molecule has 5 heteroatoms. The Morgan fingerprint density at radius 2 is 1.79 bits per heavy atom. The Morgan fingerprint density at radius 1 is 1.11 bits per heavy atom. The first kappa shape index (κ1) is 19.5. The van der Waals surface area contributed by atoms with Crippen LogP contribution < -0.4 is 5.32 Å². The van der Waals surface area contributed by atoms with Crippen molar-refractivity contribution in [2.45, 2.75) is 61.4 Å². The van der Waals surface area contributed by atoms with Gasteiger partial charge in [-0.15, -0.1) is 11.8 Å². The lowest BCUT2D eigenvalue weighted by molar-refractivity contribution is -0.125. The highest BCUT2D eigenvalue weighted by molar-refractivity contribution is 8.00. The summed E-state index contributed by atoms with van der Waals surface area (Å²) >= 11 is 1.75. The molecule has 1 aliphatic heterocycles. The minimum atomic E-state index is -0.213. The van der Waals surface area contributed by atoms with Gasteiger partial charge < -0.3 is 5.32 Å². The number of thioether (sulfide) groups is 1. The maximum atomic E-state index is 13.2. The van der Waals surface area contributed by atoms with Crippen molar-refractivity contribution < 1.29 is 9.18 Å².